The fraction of sp³-hybridized carbons (Fsp3) is 0. The van der Waals surface area contributed by atoms with Crippen LogP contribution in [0, 0.1) is 0 Å². The first-order valence-electron chi connectivity index (χ1n) is 33.7. The molecule has 0 N–H and O–H groups in total. The molecule has 0 saturated carbocycles. The number of hydrogen-bond donors (Lipinski definition) is 0. The number of furan rings is 1. The average Bonchev–Trinajstić information content (AvgIpc) is 1.68. The van der Waals surface area contributed by atoms with Crippen molar-refractivity contribution in [1.29, 1.82) is 0 Å². The second-order valence-corrected chi connectivity index (χ2v) is 16.9. The smallest absolute Gasteiger partial charge is 0.143 e. The third kappa shape index (κ3) is 6.62. The van der Waals surface area contributed by atoms with Crippen molar-refractivity contribution in [2.45, 2.75) is 0 Å². The van der Waals surface area contributed by atoms with Crippen LogP contribution in [-0.4, -0.2) is 0 Å². The van der Waals surface area contributed by atoms with Gasteiger partial charge in [0.25, 0.3) is 0 Å². The highest BCUT2D eigenvalue weighted by molar-refractivity contribution is 6.27. The van der Waals surface area contributed by atoms with Crippen LogP contribution < -0.4 is 0 Å². The van der Waals surface area contributed by atoms with Gasteiger partial charge in [0, 0.05) is 16.2 Å². The van der Waals surface area contributed by atoms with Gasteiger partial charge in [0.1, 0.15) is 11.2 Å². The first kappa shape index (κ1) is 24.3. The Hall–Kier alpha value is -9.30. The molecule has 0 bridgehead atoms. The van der Waals surface area contributed by atoms with Gasteiger partial charge in [0.15, 0.2) is 0 Å². The first-order chi connectivity index (χ1) is 44.4. The summed E-state index contributed by atoms with van der Waals surface area (Å²) in [5.41, 5.74) is 1.64. The van der Waals surface area contributed by atoms with Gasteiger partial charge in [-0.15, -0.1) is 0 Å². The number of fused-ring (bicyclic) bond motifs is 11. The molecule has 1 aromatic heterocycles. The highest BCUT2D eigenvalue weighted by Gasteiger charge is 2.22. The minimum atomic E-state index is -0.907. The van der Waals surface area contributed by atoms with Crippen LogP contribution in [0.4, 0.5) is 0 Å². The largest absolute Gasteiger partial charge is 0.455 e. The molecule has 0 aliphatic rings. The zero-order valence-electron chi connectivity index (χ0n) is 59.1. The van der Waals surface area contributed by atoms with E-state index in [9.17, 15) is 6.85 Å². The van der Waals surface area contributed by atoms with E-state index >= 15 is 0 Å². The van der Waals surface area contributed by atoms with Crippen molar-refractivity contribution in [2.24, 2.45) is 0 Å². The SMILES string of the molecule is [2H]c1c([2H])c([2H])c(-c2c3c([2H])c([2H])c([2H])c([2H])c3c(-c3c([2H])c([2H])c([2H])c4oc5c6c([2H])c([2H])c([2H])c([2H])c6c([2H])c([2H])c5c34)c3c([2H])c([2H])c([2H])c([2H])c23)c([2H])c1[2H].c1ccc2cc(-c3c4ccccc4c(-c4cccc5ccccc45)c4ccccc34)ccc2c1. The van der Waals surface area contributed by atoms with Crippen molar-refractivity contribution in [3.8, 4) is 44.5 Å². The van der Waals surface area contributed by atoms with E-state index in [-0.39, 0.29) is 0 Å². The lowest BCUT2D eigenvalue weighted by Crippen LogP contribution is -1.91. The topological polar surface area (TPSA) is 13.1 Å². The van der Waals surface area contributed by atoms with E-state index < -0.39 is 209 Å². The van der Waals surface area contributed by atoms with Crippen molar-refractivity contribution in [3.63, 3.8) is 0 Å². The molecule has 1 heterocycles. The van der Waals surface area contributed by atoms with E-state index in [2.05, 4.69) is 133 Å². The molecule has 15 rings (SSSR count). The Morgan fingerprint density at radius 2 is 0.789 bits per heavy atom. The molecule has 0 amide bonds. The van der Waals surface area contributed by atoms with E-state index in [4.69, 9.17) is 27.7 Å². The van der Waals surface area contributed by atoms with E-state index in [1.54, 1.807) is 0 Å². The monoisotopic (exact) mass is 922 g/mol. The Labute approximate surface area is 442 Å². The zero-order chi connectivity index (χ0) is 66.0. The van der Waals surface area contributed by atoms with Gasteiger partial charge in [0.2, 0.25) is 0 Å². The molecule has 15 aromatic rings. The predicted molar refractivity (Wildman–Crippen MR) is 304 cm³/mol. The number of benzene rings is 14. The molecule has 14 aromatic carbocycles. The lowest BCUT2D eigenvalue weighted by atomic mass is 9.84. The molecule has 71 heavy (non-hydrogen) atoms. The van der Waals surface area contributed by atoms with Gasteiger partial charge in [0.05, 0.1) is 30.2 Å². The fourth-order valence-corrected chi connectivity index (χ4v) is 10.2. The molecule has 0 aliphatic carbocycles. The standard InChI is InChI=1S/C36H22O.C34H22/c1-2-12-24(13-3-1)33-26-15-6-8-17-28(26)34(29-18-9-7-16-27(29)33)30-19-10-20-32-35(30)31-22-21-23-11-4-5-14-25(23)36(31)37-32;1-2-12-25-22-26(21-20-23(25)10-1)33-29-15-5-7-17-31(29)34(32-18-8-6-16-30(32)33)28-19-9-13-24-11-3-4-14-27(24)28/h1-22H;1-22H/i1D,2D,3D,4D,5D,6D,7D,8D,9D,10D,11D,12D,13D,14D,15D,16D,17D,18D,19D,20D,21D,22D;. The van der Waals surface area contributed by atoms with Crippen molar-refractivity contribution in [2.75, 3.05) is 0 Å². The number of hydrogen-bond acceptors (Lipinski definition) is 1. The van der Waals surface area contributed by atoms with Crippen LogP contribution >= 0.6 is 0 Å². The Balaban J connectivity index is 0.000000185. The molecule has 0 saturated heterocycles. The summed E-state index contributed by atoms with van der Waals surface area (Å²) in [6, 6.07) is 30.1. The van der Waals surface area contributed by atoms with Crippen LogP contribution in [-0.2, 0) is 0 Å². The molecule has 1 nitrogen and oxygen atoms in total. The van der Waals surface area contributed by atoms with Crippen molar-refractivity contribution >= 4 is 97.3 Å². The average molecular weight is 923 g/mol. The Kier molecular flexibility index (Phi) is 5.73. The molecule has 0 radical (unpaired) electrons. The molecule has 0 spiro atoms. The minimum Gasteiger partial charge on any atom is -0.455 e. The lowest BCUT2D eigenvalue weighted by molar-refractivity contribution is 0.673. The molecule has 0 atom stereocenters. The summed E-state index contributed by atoms with van der Waals surface area (Å²) < 4.78 is 200. The lowest BCUT2D eigenvalue weighted by Gasteiger charge is -2.19. The fourth-order valence-electron chi connectivity index (χ4n) is 10.2. The van der Waals surface area contributed by atoms with Gasteiger partial charge in [-0.2, -0.15) is 0 Å². The van der Waals surface area contributed by atoms with Crippen LogP contribution in [0.3, 0.4) is 0 Å². The summed E-state index contributed by atoms with van der Waals surface area (Å²) >= 11 is 0. The Bertz CT molecular complexity index is 5750. The van der Waals surface area contributed by atoms with Gasteiger partial charge in [-0.25, -0.2) is 0 Å². The molecule has 0 aliphatic heterocycles. The summed E-state index contributed by atoms with van der Waals surface area (Å²) in [7, 11) is 0. The summed E-state index contributed by atoms with van der Waals surface area (Å²) in [5.74, 6) is 0. The normalized spacial score (nSPS) is 16.0. The van der Waals surface area contributed by atoms with Crippen LogP contribution in [0.1, 0.15) is 30.2 Å². The third-order valence-electron chi connectivity index (χ3n) is 13.2. The highest BCUT2D eigenvalue weighted by Crippen LogP contribution is 2.49. The second-order valence-electron chi connectivity index (χ2n) is 16.9. The second kappa shape index (κ2) is 16.7. The maximum Gasteiger partial charge on any atom is 0.143 e. The molecule has 1 heteroatoms. The molecule has 330 valence electrons. The van der Waals surface area contributed by atoms with E-state index in [1.165, 1.54) is 65.3 Å². The molecular weight excluding hydrogens is 857 g/mol. The van der Waals surface area contributed by atoms with Crippen molar-refractivity contribution in [3.05, 3.63) is 266 Å². The van der Waals surface area contributed by atoms with E-state index in [0.29, 0.717) is 0 Å². The molecule has 0 fully saturated rings. The maximum atomic E-state index is 9.36. The molecule has 0 unspecified atom stereocenters. The van der Waals surface area contributed by atoms with Gasteiger partial charge in [-0.1, -0.05) is 248 Å². The molecular formula is C70H44O. The summed E-state index contributed by atoms with van der Waals surface area (Å²) in [6.45, 7) is 0. The number of rotatable bonds is 4. The minimum absolute atomic E-state index is 0.401. The maximum absolute atomic E-state index is 9.36. The summed E-state index contributed by atoms with van der Waals surface area (Å²) in [5, 5.41) is 6.10. The van der Waals surface area contributed by atoms with Crippen molar-refractivity contribution < 1.29 is 34.6 Å². The third-order valence-corrected chi connectivity index (χ3v) is 13.2. The van der Waals surface area contributed by atoms with Crippen molar-refractivity contribution in [1.82, 2.24) is 0 Å². The Morgan fingerprint density at radius 3 is 1.48 bits per heavy atom. The predicted octanol–water partition coefficient (Wildman–Crippen LogP) is 20.0. The van der Waals surface area contributed by atoms with Gasteiger partial charge in [-0.05, 0) is 133 Å². The van der Waals surface area contributed by atoms with Crippen LogP contribution in [0.5, 0.6) is 0 Å². The summed E-state index contributed by atoms with van der Waals surface area (Å²) in [4.78, 5) is 0. The van der Waals surface area contributed by atoms with Crippen LogP contribution in [0.2, 0.25) is 0 Å². The van der Waals surface area contributed by atoms with E-state index in [1.807, 2.05) is 0 Å². The van der Waals surface area contributed by atoms with Crippen LogP contribution in [0.15, 0.2) is 271 Å². The van der Waals surface area contributed by atoms with Crippen LogP contribution in [0.25, 0.3) is 142 Å². The van der Waals surface area contributed by atoms with Gasteiger partial charge >= 0.3 is 0 Å². The summed E-state index contributed by atoms with van der Waals surface area (Å²) in [6.07, 6.45) is 0. The Morgan fingerprint density at radius 1 is 0.268 bits per heavy atom. The van der Waals surface area contributed by atoms with Gasteiger partial charge in [-0.3, -0.25) is 0 Å². The quantitative estimate of drug-likeness (QED) is 0.160. The van der Waals surface area contributed by atoms with Gasteiger partial charge < -0.3 is 4.42 Å². The first-order valence-corrected chi connectivity index (χ1v) is 22.7. The zero-order valence-corrected chi connectivity index (χ0v) is 37.1. The van der Waals surface area contributed by atoms with E-state index in [0.717, 1.165) is 0 Å². The highest BCUT2D eigenvalue weighted by atomic mass is 16.3.